The van der Waals surface area contributed by atoms with Crippen molar-refractivity contribution in [2.75, 3.05) is 39.5 Å². The number of hydrogen-bond donors (Lipinski definition) is 0. The number of fused-ring (bicyclic) bond motifs is 1. The molecule has 0 aromatic rings. The van der Waals surface area contributed by atoms with Crippen LogP contribution in [0.4, 0.5) is 0 Å². The van der Waals surface area contributed by atoms with Crippen LogP contribution in [0.2, 0.25) is 0 Å². The van der Waals surface area contributed by atoms with Gasteiger partial charge in [0.25, 0.3) is 0 Å². The van der Waals surface area contributed by atoms with Crippen LogP contribution in [0.25, 0.3) is 0 Å². The second kappa shape index (κ2) is 6.32. The number of likely N-dealkylation sites (tertiary alicyclic amines) is 1. The van der Waals surface area contributed by atoms with Gasteiger partial charge < -0.3 is 19.3 Å². The SMILES string of the molecule is CC(=O)N1CCO[C@@H]2CCN(C(=O)C3CCOCC3)C[C@H]21. The van der Waals surface area contributed by atoms with Crippen LogP contribution in [0.5, 0.6) is 0 Å². The van der Waals surface area contributed by atoms with Gasteiger partial charge in [0.05, 0.1) is 18.8 Å². The van der Waals surface area contributed by atoms with Gasteiger partial charge in [0, 0.05) is 45.7 Å². The molecule has 3 heterocycles. The van der Waals surface area contributed by atoms with Gasteiger partial charge >= 0.3 is 0 Å². The van der Waals surface area contributed by atoms with E-state index in [1.807, 2.05) is 9.80 Å². The van der Waals surface area contributed by atoms with E-state index in [9.17, 15) is 9.59 Å². The van der Waals surface area contributed by atoms with Crippen LogP contribution in [0.3, 0.4) is 0 Å². The first-order valence-electron chi connectivity index (χ1n) is 7.92. The van der Waals surface area contributed by atoms with Crippen LogP contribution >= 0.6 is 0 Å². The van der Waals surface area contributed by atoms with Crippen molar-refractivity contribution in [3.63, 3.8) is 0 Å². The van der Waals surface area contributed by atoms with Crippen LogP contribution in [-0.2, 0) is 19.1 Å². The van der Waals surface area contributed by atoms with Gasteiger partial charge in [-0.15, -0.1) is 0 Å². The maximum absolute atomic E-state index is 12.6. The highest BCUT2D eigenvalue weighted by molar-refractivity contribution is 5.79. The highest BCUT2D eigenvalue weighted by Gasteiger charge is 2.40. The van der Waals surface area contributed by atoms with Crippen molar-refractivity contribution in [1.29, 1.82) is 0 Å². The van der Waals surface area contributed by atoms with Crippen LogP contribution in [-0.4, -0.2) is 73.2 Å². The lowest BCUT2D eigenvalue weighted by atomic mass is 9.94. The Labute approximate surface area is 125 Å². The number of amides is 2. The molecule has 0 aromatic carbocycles. The monoisotopic (exact) mass is 296 g/mol. The molecule has 0 aromatic heterocycles. The molecular weight excluding hydrogens is 272 g/mol. The molecule has 0 spiro atoms. The number of piperidine rings is 1. The van der Waals surface area contributed by atoms with Crippen molar-refractivity contribution in [2.24, 2.45) is 5.92 Å². The predicted molar refractivity (Wildman–Crippen MR) is 75.7 cm³/mol. The molecule has 0 bridgehead atoms. The van der Waals surface area contributed by atoms with E-state index in [0.717, 1.165) is 25.8 Å². The minimum Gasteiger partial charge on any atom is -0.381 e. The van der Waals surface area contributed by atoms with Crippen molar-refractivity contribution >= 4 is 11.8 Å². The van der Waals surface area contributed by atoms with Gasteiger partial charge in [0.1, 0.15) is 0 Å². The van der Waals surface area contributed by atoms with E-state index >= 15 is 0 Å². The minimum atomic E-state index is 0.0220. The summed E-state index contributed by atoms with van der Waals surface area (Å²) in [5.41, 5.74) is 0. The quantitative estimate of drug-likeness (QED) is 0.696. The second-order valence-electron chi connectivity index (χ2n) is 6.15. The summed E-state index contributed by atoms with van der Waals surface area (Å²) in [7, 11) is 0. The van der Waals surface area contributed by atoms with E-state index in [1.54, 1.807) is 6.92 Å². The van der Waals surface area contributed by atoms with Crippen molar-refractivity contribution in [2.45, 2.75) is 38.3 Å². The molecule has 3 saturated heterocycles. The summed E-state index contributed by atoms with van der Waals surface area (Å²) in [5, 5.41) is 0. The number of carbonyl (C=O) groups excluding carboxylic acids is 2. The first-order chi connectivity index (χ1) is 10.2. The van der Waals surface area contributed by atoms with Crippen LogP contribution in [0, 0.1) is 5.92 Å². The van der Waals surface area contributed by atoms with Gasteiger partial charge in [-0.05, 0) is 19.3 Å². The average molecular weight is 296 g/mol. The summed E-state index contributed by atoms with van der Waals surface area (Å²) in [4.78, 5) is 28.2. The lowest BCUT2D eigenvalue weighted by molar-refractivity contribution is -0.158. The standard InChI is InChI=1S/C15H24N2O4/c1-11(18)17-6-9-21-14-2-5-16(10-13(14)17)15(19)12-3-7-20-8-4-12/h12-14H,2-10H2,1H3/t13-,14-/m1/s1. The topological polar surface area (TPSA) is 59.1 Å². The molecule has 0 saturated carbocycles. The molecule has 2 amide bonds. The fraction of sp³-hybridized carbons (Fsp3) is 0.867. The molecular formula is C15H24N2O4. The Morgan fingerprint density at radius 1 is 1.05 bits per heavy atom. The van der Waals surface area contributed by atoms with E-state index < -0.39 is 0 Å². The van der Waals surface area contributed by atoms with Crippen LogP contribution < -0.4 is 0 Å². The van der Waals surface area contributed by atoms with Gasteiger partial charge in [0.2, 0.25) is 11.8 Å². The summed E-state index contributed by atoms with van der Waals surface area (Å²) in [6.07, 6.45) is 2.54. The molecule has 118 valence electrons. The van der Waals surface area contributed by atoms with E-state index in [1.165, 1.54) is 0 Å². The average Bonchev–Trinajstić information content (AvgIpc) is 2.53. The summed E-state index contributed by atoms with van der Waals surface area (Å²) < 4.78 is 11.1. The molecule has 21 heavy (non-hydrogen) atoms. The fourth-order valence-electron chi connectivity index (χ4n) is 3.67. The van der Waals surface area contributed by atoms with Crippen molar-refractivity contribution in [3.8, 4) is 0 Å². The number of nitrogens with zero attached hydrogens (tertiary/aromatic N) is 2. The molecule has 6 nitrogen and oxygen atoms in total. The zero-order valence-corrected chi connectivity index (χ0v) is 12.6. The Hall–Kier alpha value is -1.14. The molecule has 0 radical (unpaired) electrons. The Balaban J connectivity index is 1.65. The van der Waals surface area contributed by atoms with E-state index in [4.69, 9.17) is 9.47 Å². The smallest absolute Gasteiger partial charge is 0.225 e. The van der Waals surface area contributed by atoms with Gasteiger partial charge in [-0.2, -0.15) is 0 Å². The number of rotatable bonds is 1. The lowest BCUT2D eigenvalue weighted by Crippen LogP contribution is -2.62. The van der Waals surface area contributed by atoms with Gasteiger partial charge in [-0.25, -0.2) is 0 Å². The van der Waals surface area contributed by atoms with E-state index in [0.29, 0.717) is 32.9 Å². The Morgan fingerprint density at radius 3 is 2.52 bits per heavy atom. The molecule has 0 aliphatic carbocycles. The highest BCUT2D eigenvalue weighted by atomic mass is 16.5. The third kappa shape index (κ3) is 3.06. The zero-order valence-electron chi connectivity index (χ0n) is 12.6. The number of carbonyl (C=O) groups is 2. The second-order valence-corrected chi connectivity index (χ2v) is 6.15. The van der Waals surface area contributed by atoms with E-state index in [-0.39, 0.29) is 29.9 Å². The van der Waals surface area contributed by atoms with Crippen molar-refractivity contribution in [3.05, 3.63) is 0 Å². The lowest BCUT2D eigenvalue weighted by Gasteiger charge is -2.47. The molecule has 2 atom stereocenters. The normalized spacial score (nSPS) is 30.9. The maximum atomic E-state index is 12.6. The van der Waals surface area contributed by atoms with Crippen LogP contribution in [0.15, 0.2) is 0 Å². The highest BCUT2D eigenvalue weighted by Crippen LogP contribution is 2.26. The third-order valence-corrected chi connectivity index (χ3v) is 4.87. The number of ether oxygens (including phenoxy) is 2. The molecule has 3 aliphatic heterocycles. The first kappa shape index (κ1) is 14.8. The van der Waals surface area contributed by atoms with Crippen molar-refractivity contribution in [1.82, 2.24) is 9.80 Å². The summed E-state index contributed by atoms with van der Waals surface area (Å²) in [6.45, 7) is 5.55. The fourth-order valence-corrected chi connectivity index (χ4v) is 3.67. The molecule has 3 rings (SSSR count). The third-order valence-electron chi connectivity index (χ3n) is 4.87. The van der Waals surface area contributed by atoms with Gasteiger partial charge in [-0.3, -0.25) is 9.59 Å². The first-order valence-corrected chi connectivity index (χ1v) is 7.92. The van der Waals surface area contributed by atoms with Gasteiger partial charge in [-0.1, -0.05) is 0 Å². The Kier molecular flexibility index (Phi) is 4.45. The summed E-state index contributed by atoms with van der Waals surface area (Å²) in [6, 6.07) is 0.0220. The molecule has 0 N–H and O–H groups in total. The Morgan fingerprint density at radius 2 is 1.81 bits per heavy atom. The van der Waals surface area contributed by atoms with Crippen LogP contribution in [0.1, 0.15) is 26.2 Å². The summed E-state index contributed by atoms with van der Waals surface area (Å²) in [5.74, 6) is 0.394. The molecule has 3 aliphatic rings. The van der Waals surface area contributed by atoms with Gasteiger partial charge in [0.15, 0.2) is 0 Å². The predicted octanol–water partition coefficient (Wildman–Crippen LogP) is 0.261. The molecule has 3 fully saturated rings. The minimum absolute atomic E-state index is 0.0220. The summed E-state index contributed by atoms with van der Waals surface area (Å²) >= 11 is 0. The number of hydrogen-bond acceptors (Lipinski definition) is 4. The van der Waals surface area contributed by atoms with Crippen molar-refractivity contribution < 1.29 is 19.1 Å². The largest absolute Gasteiger partial charge is 0.381 e. The maximum Gasteiger partial charge on any atom is 0.225 e. The van der Waals surface area contributed by atoms with E-state index in [2.05, 4.69) is 0 Å². The molecule has 0 unspecified atom stereocenters. The Bertz CT molecular complexity index is 408. The zero-order chi connectivity index (χ0) is 14.8. The molecule has 6 heteroatoms. The number of morpholine rings is 1.